The van der Waals surface area contributed by atoms with E-state index in [1.165, 1.54) is 5.56 Å². The first kappa shape index (κ1) is 15.8. The SMILES string of the molecule is CCCCOC(=O)Cn1ccc(CNCC(C)C)c1. The third kappa shape index (κ3) is 7.01. The lowest BCUT2D eigenvalue weighted by Gasteiger charge is -2.06. The summed E-state index contributed by atoms with van der Waals surface area (Å²) in [5, 5.41) is 3.38. The Hall–Kier alpha value is -1.29. The molecule has 0 unspecified atom stereocenters. The largest absolute Gasteiger partial charge is 0.464 e. The van der Waals surface area contributed by atoms with E-state index >= 15 is 0 Å². The highest BCUT2D eigenvalue weighted by Crippen LogP contribution is 2.02. The van der Waals surface area contributed by atoms with Crippen LogP contribution in [0, 0.1) is 5.92 Å². The summed E-state index contributed by atoms with van der Waals surface area (Å²) in [6, 6.07) is 2.03. The minimum atomic E-state index is -0.161. The monoisotopic (exact) mass is 266 g/mol. The minimum Gasteiger partial charge on any atom is -0.464 e. The van der Waals surface area contributed by atoms with Gasteiger partial charge in [0.1, 0.15) is 6.54 Å². The minimum absolute atomic E-state index is 0.161. The Kier molecular flexibility index (Phi) is 7.26. The Labute approximate surface area is 116 Å². The van der Waals surface area contributed by atoms with Crippen molar-refractivity contribution in [1.82, 2.24) is 9.88 Å². The molecule has 0 aromatic carbocycles. The topological polar surface area (TPSA) is 43.3 Å². The summed E-state index contributed by atoms with van der Waals surface area (Å²) in [6.45, 7) is 9.12. The zero-order valence-corrected chi connectivity index (χ0v) is 12.3. The van der Waals surface area contributed by atoms with Gasteiger partial charge in [-0.3, -0.25) is 4.79 Å². The third-order valence-electron chi connectivity index (χ3n) is 2.77. The molecule has 0 aliphatic heterocycles. The number of hydrogen-bond donors (Lipinski definition) is 1. The van der Waals surface area contributed by atoms with Crippen LogP contribution in [0.2, 0.25) is 0 Å². The summed E-state index contributed by atoms with van der Waals surface area (Å²) in [5.74, 6) is 0.487. The van der Waals surface area contributed by atoms with Gasteiger partial charge in [0.25, 0.3) is 0 Å². The molecule has 0 aliphatic rings. The van der Waals surface area contributed by atoms with E-state index in [4.69, 9.17) is 4.74 Å². The van der Waals surface area contributed by atoms with Gasteiger partial charge in [0.2, 0.25) is 0 Å². The number of carbonyl (C=O) groups is 1. The number of carbonyl (C=O) groups excluding carboxylic acids is 1. The standard InChI is InChI=1S/C15H26N2O2/c1-4-5-8-19-15(18)12-17-7-6-14(11-17)10-16-9-13(2)3/h6-7,11,13,16H,4-5,8-10,12H2,1-3H3. The lowest BCUT2D eigenvalue weighted by molar-refractivity contribution is -0.144. The smallest absolute Gasteiger partial charge is 0.325 e. The fourth-order valence-corrected chi connectivity index (χ4v) is 1.72. The van der Waals surface area contributed by atoms with Gasteiger partial charge in [0, 0.05) is 18.9 Å². The van der Waals surface area contributed by atoms with Crippen LogP contribution in [0.15, 0.2) is 18.5 Å². The normalized spacial score (nSPS) is 10.9. The number of nitrogens with zero attached hydrogens (tertiary/aromatic N) is 1. The van der Waals surface area contributed by atoms with Crippen LogP contribution in [0.4, 0.5) is 0 Å². The highest BCUT2D eigenvalue weighted by Gasteiger charge is 2.04. The average Bonchev–Trinajstić information content (AvgIpc) is 2.76. The van der Waals surface area contributed by atoms with Crippen molar-refractivity contribution in [2.75, 3.05) is 13.2 Å². The lowest BCUT2D eigenvalue weighted by Crippen LogP contribution is -2.18. The van der Waals surface area contributed by atoms with Crippen molar-refractivity contribution in [3.63, 3.8) is 0 Å². The van der Waals surface area contributed by atoms with Crippen molar-refractivity contribution < 1.29 is 9.53 Å². The van der Waals surface area contributed by atoms with E-state index in [0.29, 0.717) is 19.1 Å². The molecule has 19 heavy (non-hydrogen) atoms. The van der Waals surface area contributed by atoms with Crippen LogP contribution >= 0.6 is 0 Å². The van der Waals surface area contributed by atoms with Crippen molar-refractivity contribution in [2.24, 2.45) is 5.92 Å². The average molecular weight is 266 g/mol. The van der Waals surface area contributed by atoms with Crippen LogP contribution in [0.3, 0.4) is 0 Å². The van der Waals surface area contributed by atoms with Gasteiger partial charge in [-0.25, -0.2) is 0 Å². The van der Waals surface area contributed by atoms with Crippen molar-refractivity contribution in [3.05, 3.63) is 24.0 Å². The molecule has 0 amide bonds. The van der Waals surface area contributed by atoms with Crippen molar-refractivity contribution in [3.8, 4) is 0 Å². The molecular weight excluding hydrogens is 240 g/mol. The van der Waals surface area contributed by atoms with E-state index in [1.54, 1.807) is 0 Å². The molecule has 1 aromatic heterocycles. The van der Waals surface area contributed by atoms with Gasteiger partial charge in [0.15, 0.2) is 0 Å². The summed E-state index contributed by atoms with van der Waals surface area (Å²) in [5.41, 5.74) is 1.20. The zero-order chi connectivity index (χ0) is 14.1. The molecule has 1 rings (SSSR count). The second kappa shape index (κ2) is 8.75. The third-order valence-corrected chi connectivity index (χ3v) is 2.77. The van der Waals surface area contributed by atoms with Crippen LogP contribution in [0.1, 0.15) is 39.2 Å². The molecular formula is C15H26N2O2. The van der Waals surface area contributed by atoms with E-state index < -0.39 is 0 Å². The number of rotatable bonds is 9. The molecule has 0 atom stereocenters. The van der Waals surface area contributed by atoms with E-state index in [-0.39, 0.29) is 5.97 Å². The summed E-state index contributed by atoms with van der Waals surface area (Å²) >= 11 is 0. The highest BCUT2D eigenvalue weighted by molar-refractivity contribution is 5.69. The second-order valence-corrected chi connectivity index (χ2v) is 5.29. The Morgan fingerprint density at radius 2 is 2.26 bits per heavy atom. The van der Waals surface area contributed by atoms with Crippen LogP contribution in [0.5, 0.6) is 0 Å². The second-order valence-electron chi connectivity index (χ2n) is 5.29. The Bertz CT molecular complexity index is 372. The summed E-state index contributed by atoms with van der Waals surface area (Å²) in [4.78, 5) is 11.5. The maximum Gasteiger partial charge on any atom is 0.325 e. The summed E-state index contributed by atoms with van der Waals surface area (Å²) in [6.07, 6.45) is 5.89. The molecule has 0 radical (unpaired) electrons. The quantitative estimate of drug-likeness (QED) is 0.552. The molecule has 0 aliphatic carbocycles. The number of hydrogen-bond acceptors (Lipinski definition) is 3. The van der Waals surface area contributed by atoms with Crippen molar-refractivity contribution in [2.45, 2.75) is 46.7 Å². The van der Waals surface area contributed by atoms with Crippen LogP contribution in [-0.4, -0.2) is 23.7 Å². The first-order valence-corrected chi connectivity index (χ1v) is 7.12. The fourth-order valence-electron chi connectivity index (χ4n) is 1.72. The number of nitrogens with one attached hydrogen (secondary N) is 1. The Morgan fingerprint density at radius 1 is 1.47 bits per heavy atom. The number of esters is 1. The van der Waals surface area contributed by atoms with E-state index in [0.717, 1.165) is 25.9 Å². The molecule has 0 spiro atoms. The molecule has 0 bridgehead atoms. The number of ether oxygens (including phenoxy) is 1. The van der Waals surface area contributed by atoms with Gasteiger partial charge in [0.05, 0.1) is 6.61 Å². The molecule has 4 heteroatoms. The molecule has 0 saturated carbocycles. The van der Waals surface area contributed by atoms with E-state index in [2.05, 4.69) is 26.1 Å². The number of aromatic nitrogens is 1. The molecule has 0 saturated heterocycles. The zero-order valence-electron chi connectivity index (χ0n) is 12.3. The van der Waals surface area contributed by atoms with E-state index in [1.807, 2.05) is 23.0 Å². The summed E-state index contributed by atoms with van der Waals surface area (Å²) < 4.78 is 7.01. The van der Waals surface area contributed by atoms with Crippen molar-refractivity contribution >= 4 is 5.97 Å². The van der Waals surface area contributed by atoms with Crippen LogP contribution in [-0.2, 0) is 22.6 Å². The van der Waals surface area contributed by atoms with Gasteiger partial charge in [-0.1, -0.05) is 27.2 Å². The number of unbranched alkanes of at least 4 members (excludes halogenated alkanes) is 1. The summed E-state index contributed by atoms with van der Waals surface area (Å²) in [7, 11) is 0. The predicted molar refractivity (Wildman–Crippen MR) is 76.8 cm³/mol. The molecule has 1 heterocycles. The maximum atomic E-state index is 11.5. The van der Waals surface area contributed by atoms with Crippen LogP contribution in [0.25, 0.3) is 0 Å². The lowest BCUT2D eigenvalue weighted by atomic mass is 10.2. The molecule has 1 N–H and O–H groups in total. The van der Waals surface area contributed by atoms with E-state index in [9.17, 15) is 4.79 Å². The fraction of sp³-hybridized carbons (Fsp3) is 0.667. The van der Waals surface area contributed by atoms with Gasteiger partial charge in [-0.05, 0) is 30.5 Å². The first-order valence-electron chi connectivity index (χ1n) is 7.12. The van der Waals surface area contributed by atoms with Gasteiger partial charge in [-0.15, -0.1) is 0 Å². The molecule has 1 aromatic rings. The predicted octanol–water partition coefficient (Wildman–Crippen LogP) is 2.58. The van der Waals surface area contributed by atoms with Gasteiger partial charge < -0.3 is 14.6 Å². The van der Waals surface area contributed by atoms with Crippen molar-refractivity contribution in [1.29, 1.82) is 0 Å². The van der Waals surface area contributed by atoms with Crippen LogP contribution < -0.4 is 5.32 Å². The molecule has 0 fully saturated rings. The molecule has 108 valence electrons. The Morgan fingerprint density at radius 3 is 2.95 bits per heavy atom. The Balaban J connectivity index is 2.27. The maximum absolute atomic E-state index is 11.5. The molecule has 4 nitrogen and oxygen atoms in total. The van der Waals surface area contributed by atoms with Gasteiger partial charge in [-0.2, -0.15) is 0 Å². The highest BCUT2D eigenvalue weighted by atomic mass is 16.5. The first-order chi connectivity index (χ1) is 9.11. The van der Waals surface area contributed by atoms with Gasteiger partial charge >= 0.3 is 5.97 Å².